The highest BCUT2D eigenvalue weighted by Crippen LogP contribution is 2.63. The summed E-state index contributed by atoms with van der Waals surface area (Å²) in [6.07, 6.45) is 3.03. The third-order valence-corrected chi connectivity index (χ3v) is 6.54. The van der Waals surface area contributed by atoms with Crippen LogP contribution in [0.15, 0.2) is 0 Å². The van der Waals surface area contributed by atoms with Crippen molar-refractivity contribution >= 4 is 17.7 Å². The molecule has 5 atom stereocenters. The van der Waals surface area contributed by atoms with Crippen LogP contribution in [-0.2, 0) is 23.9 Å². The fourth-order valence-corrected chi connectivity index (χ4v) is 5.46. The molecule has 0 spiro atoms. The number of hydrogen-bond donors (Lipinski definition) is 0. The lowest BCUT2D eigenvalue weighted by molar-refractivity contribution is -0.192. The highest BCUT2D eigenvalue weighted by Gasteiger charge is 2.64. The molecule has 5 nitrogen and oxygen atoms in total. The normalized spacial score (nSPS) is 44.6. The predicted octanol–water partition coefficient (Wildman–Crippen LogP) is 2.12. The monoisotopic (exact) mass is 308 g/mol. The number of methoxy groups -OCH3 is 1. The molecule has 0 aromatic carbocycles. The van der Waals surface area contributed by atoms with Crippen molar-refractivity contribution < 1.29 is 23.9 Å². The van der Waals surface area contributed by atoms with Crippen molar-refractivity contribution in [1.82, 2.24) is 0 Å². The van der Waals surface area contributed by atoms with E-state index in [0.717, 1.165) is 0 Å². The van der Waals surface area contributed by atoms with Crippen molar-refractivity contribution in [3.05, 3.63) is 0 Å². The number of ketones is 1. The Kier molecular flexibility index (Phi) is 3.57. The molecule has 22 heavy (non-hydrogen) atoms. The Balaban J connectivity index is 2.04. The maximum Gasteiger partial charge on any atom is 0.309 e. The molecule has 2 aliphatic carbocycles. The van der Waals surface area contributed by atoms with Gasteiger partial charge in [0.05, 0.1) is 25.6 Å². The Morgan fingerprint density at radius 3 is 2.59 bits per heavy atom. The minimum Gasteiger partial charge on any atom is -0.469 e. The fourth-order valence-electron chi connectivity index (χ4n) is 5.46. The Morgan fingerprint density at radius 2 is 1.91 bits per heavy atom. The van der Waals surface area contributed by atoms with E-state index in [1.165, 1.54) is 7.11 Å². The lowest BCUT2D eigenvalue weighted by Crippen LogP contribution is -2.61. The van der Waals surface area contributed by atoms with Gasteiger partial charge in [-0.2, -0.15) is 0 Å². The lowest BCUT2D eigenvalue weighted by atomic mass is 9.44. The van der Waals surface area contributed by atoms with Crippen LogP contribution in [0.2, 0.25) is 0 Å². The van der Waals surface area contributed by atoms with Crippen LogP contribution in [0.1, 0.15) is 46.0 Å². The van der Waals surface area contributed by atoms with Gasteiger partial charge in [0.15, 0.2) is 0 Å². The molecule has 0 aromatic heterocycles. The number of carbonyl (C=O) groups is 3. The molecule has 1 heterocycles. The first kappa shape index (κ1) is 15.5. The van der Waals surface area contributed by atoms with E-state index in [-0.39, 0.29) is 35.5 Å². The van der Waals surface area contributed by atoms with Crippen molar-refractivity contribution in [2.24, 2.45) is 28.6 Å². The fraction of sp³-hybridized carbons (Fsp3) is 0.824. The highest BCUT2D eigenvalue weighted by molar-refractivity contribution is 5.88. The standard InChI is InChI=1S/C17H24O5/c1-16-7-6-11-15(20)22-9-8-17(11,2)13(16)12(18)5-4-10(16)14(19)21-3/h10-11,13H,4-9H2,1-3H3/t10-,11+,13-,16-,17-/m0/s1. The van der Waals surface area contributed by atoms with Gasteiger partial charge in [-0.3, -0.25) is 14.4 Å². The molecule has 1 aliphatic heterocycles. The lowest BCUT2D eigenvalue weighted by Gasteiger charge is -2.59. The number of Topliss-reactive ketones (excluding diaryl/α,β-unsaturated/α-hetero) is 1. The van der Waals surface area contributed by atoms with Gasteiger partial charge in [-0.1, -0.05) is 13.8 Å². The van der Waals surface area contributed by atoms with E-state index in [2.05, 4.69) is 0 Å². The van der Waals surface area contributed by atoms with E-state index in [1.807, 2.05) is 13.8 Å². The zero-order chi connectivity index (χ0) is 16.1. The van der Waals surface area contributed by atoms with Crippen molar-refractivity contribution in [1.29, 1.82) is 0 Å². The summed E-state index contributed by atoms with van der Waals surface area (Å²) < 4.78 is 10.2. The molecular weight excluding hydrogens is 284 g/mol. The second kappa shape index (κ2) is 5.07. The van der Waals surface area contributed by atoms with Crippen LogP contribution >= 0.6 is 0 Å². The molecule has 122 valence electrons. The van der Waals surface area contributed by atoms with E-state index < -0.39 is 10.8 Å². The topological polar surface area (TPSA) is 69.7 Å². The van der Waals surface area contributed by atoms with Crippen LogP contribution in [0.3, 0.4) is 0 Å². The van der Waals surface area contributed by atoms with E-state index in [0.29, 0.717) is 38.7 Å². The predicted molar refractivity (Wildman–Crippen MR) is 77.8 cm³/mol. The Hall–Kier alpha value is -1.39. The summed E-state index contributed by atoms with van der Waals surface area (Å²) in [4.78, 5) is 37.2. The van der Waals surface area contributed by atoms with Gasteiger partial charge in [-0.05, 0) is 36.5 Å². The minimum absolute atomic E-state index is 0.177. The van der Waals surface area contributed by atoms with E-state index in [9.17, 15) is 14.4 Å². The van der Waals surface area contributed by atoms with Crippen LogP contribution in [0.25, 0.3) is 0 Å². The molecule has 3 aliphatic rings. The summed E-state index contributed by atoms with van der Waals surface area (Å²) in [7, 11) is 1.41. The van der Waals surface area contributed by atoms with Gasteiger partial charge in [-0.25, -0.2) is 0 Å². The third-order valence-electron chi connectivity index (χ3n) is 6.54. The van der Waals surface area contributed by atoms with Crippen molar-refractivity contribution in [3.63, 3.8) is 0 Å². The largest absolute Gasteiger partial charge is 0.469 e. The average Bonchev–Trinajstić information content (AvgIpc) is 2.45. The van der Waals surface area contributed by atoms with Gasteiger partial charge >= 0.3 is 11.9 Å². The first-order valence-electron chi connectivity index (χ1n) is 8.12. The van der Waals surface area contributed by atoms with Gasteiger partial charge in [0, 0.05) is 12.3 Å². The van der Waals surface area contributed by atoms with E-state index in [1.54, 1.807) is 0 Å². The Bertz CT molecular complexity index is 527. The van der Waals surface area contributed by atoms with E-state index in [4.69, 9.17) is 9.47 Å². The Morgan fingerprint density at radius 1 is 1.18 bits per heavy atom. The number of hydrogen-bond acceptors (Lipinski definition) is 5. The number of carbonyl (C=O) groups excluding carboxylic acids is 3. The third kappa shape index (κ3) is 1.94. The SMILES string of the molecule is COC(=O)[C@@H]1CCC(=O)[C@@H]2[C@@]3(C)CCOC(=O)[C@H]3CC[C@]21C. The minimum atomic E-state index is -0.411. The first-order chi connectivity index (χ1) is 10.3. The van der Waals surface area contributed by atoms with Crippen LogP contribution < -0.4 is 0 Å². The smallest absolute Gasteiger partial charge is 0.309 e. The molecule has 5 heteroatoms. The number of cyclic esters (lactones) is 1. The van der Waals surface area contributed by atoms with Gasteiger partial charge < -0.3 is 9.47 Å². The number of ether oxygens (including phenoxy) is 2. The van der Waals surface area contributed by atoms with Gasteiger partial charge in [0.25, 0.3) is 0 Å². The van der Waals surface area contributed by atoms with Crippen molar-refractivity contribution in [2.75, 3.05) is 13.7 Å². The van der Waals surface area contributed by atoms with E-state index >= 15 is 0 Å². The summed E-state index contributed by atoms with van der Waals surface area (Å²) in [5.74, 6) is -0.936. The van der Waals surface area contributed by atoms with Crippen molar-refractivity contribution in [3.8, 4) is 0 Å². The van der Waals surface area contributed by atoms with Crippen LogP contribution in [0.5, 0.6) is 0 Å². The van der Waals surface area contributed by atoms with Gasteiger partial charge in [0.2, 0.25) is 0 Å². The van der Waals surface area contributed by atoms with Crippen LogP contribution in [0.4, 0.5) is 0 Å². The molecule has 3 rings (SSSR count). The summed E-state index contributed by atoms with van der Waals surface area (Å²) in [5, 5.41) is 0. The average molecular weight is 308 g/mol. The zero-order valence-corrected chi connectivity index (χ0v) is 13.5. The zero-order valence-electron chi connectivity index (χ0n) is 13.5. The summed E-state index contributed by atoms with van der Waals surface area (Å²) in [6, 6.07) is 0. The van der Waals surface area contributed by atoms with Crippen LogP contribution in [0, 0.1) is 28.6 Å². The molecule has 3 fully saturated rings. The number of rotatable bonds is 1. The maximum atomic E-state index is 12.8. The molecular formula is C17H24O5. The quantitative estimate of drug-likeness (QED) is 0.694. The maximum absolute atomic E-state index is 12.8. The van der Waals surface area contributed by atoms with Gasteiger partial charge in [0.1, 0.15) is 5.78 Å². The molecule has 0 bridgehead atoms. The molecule has 0 aromatic rings. The molecule has 0 unspecified atom stereocenters. The van der Waals surface area contributed by atoms with Crippen LogP contribution in [-0.4, -0.2) is 31.4 Å². The summed E-state index contributed by atoms with van der Waals surface area (Å²) in [5.41, 5.74) is -0.808. The van der Waals surface area contributed by atoms with Crippen molar-refractivity contribution in [2.45, 2.75) is 46.0 Å². The highest BCUT2D eigenvalue weighted by atomic mass is 16.5. The molecule has 1 saturated heterocycles. The summed E-state index contributed by atoms with van der Waals surface area (Å²) >= 11 is 0. The second-order valence-corrected chi connectivity index (χ2v) is 7.53. The van der Waals surface area contributed by atoms with Gasteiger partial charge in [-0.15, -0.1) is 0 Å². The number of fused-ring (bicyclic) bond motifs is 3. The molecule has 0 amide bonds. The molecule has 0 radical (unpaired) electrons. The summed E-state index contributed by atoms with van der Waals surface area (Å²) in [6.45, 7) is 4.45. The first-order valence-corrected chi connectivity index (χ1v) is 8.12. The Labute approximate surface area is 130 Å². The molecule has 0 N–H and O–H groups in total. The second-order valence-electron chi connectivity index (χ2n) is 7.53. The molecule has 2 saturated carbocycles. The number of esters is 2.